The minimum absolute atomic E-state index is 0.000259. The van der Waals surface area contributed by atoms with Crippen LogP contribution in [-0.4, -0.2) is 29.9 Å². The van der Waals surface area contributed by atoms with E-state index in [4.69, 9.17) is 14.2 Å². The number of fused-ring (bicyclic) bond motifs is 3. The molecule has 0 saturated carbocycles. The zero-order chi connectivity index (χ0) is 21.5. The maximum atomic E-state index is 11.2. The Morgan fingerprint density at radius 1 is 1.20 bits per heavy atom. The predicted molar refractivity (Wildman–Crippen MR) is 114 cm³/mol. The summed E-state index contributed by atoms with van der Waals surface area (Å²) in [4.78, 5) is 11.2. The van der Waals surface area contributed by atoms with E-state index in [0.29, 0.717) is 0 Å². The first-order valence-electron chi connectivity index (χ1n) is 10.7. The summed E-state index contributed by atoms with van der Waals surface area (Å²) in [5.41, 5.74) is 2.62. The Morgan fingerprint density at radius 2 is 1.93 bits per heavy atom. The van der Waals surface area contributed by atoms with Crippen molar-refractivity contribution in [3.05, 3.63) is 59.2 Å². The maximum Gasteiger partial charge on any atom is 0.307 e. The lowest BCUT2D eigenvalue weighted by molar-refractivity contribution is -0.159. The minimum atomic E-state index is -0.834. The zero-order valence-electron chi connectivity index (χ0n) is 18.1. The summed E-state index contributed by atoms with van der Waals surface area (Å²) in [7, 11) is 1.68. The molecular weight excluding hydrogens is 380 g/mol. The Hall–Kier alpha value is -2.53. The largest absolute Gasteiger partial charge is 0.497 e. The fourth-order valence-corrected chi connectivity index (χ4v) is 5.00. The van der Waals surface area contributed by atoms with Crippen molar-refractivity contribution in [3.8, 4) is 11.5 Å². The molecule has 0 spiro atoms. The van der Waals surface area contributed by atoms with Gasteiger partial charge in [-0.05, 0) is 62.1 Å². The summed E-state index contributed by atoms with van der Waals surface area (Å²) in [6.07, 6.45) is 1.84. The van der Waals surface area contributed by atoms with Crippen molar-refractivity contribution in [2.45, 2.75) is 63.8 Å². The van der Waals surface area contributed by atoms with E-state index in [-0.39, 0.29) is 36.1 Å². The molecule has 5 nitrogen and oxygen atoms in total. The van der Waals surface area contributed by atoms with Crippen molar-refractivity contribution < 1.29 is 24.1 Å². The first kappa shape index (κ1) is 20.7. The van der Waals surface area contributed by atoms with E-state index < -0.39 is 5.97 Å². The molecule has 2 aromatic rings. The number of benzene rings is 2. The molecule has 0 radical (unpaired) electrons. The van der Waals surface area contributed by atoms with Crippen LogP contribution in [-0.2, 0) is 16.0 Å². The second-order valence-electron chi connectivity index (χ2n) is 8.87. The first-order valence-corrected chi connectivity index (χ1v) is 10.7. The molecular formula is C25H30O5. The third-order valence-corrected chi connectivity index (χ3v) is 6.59. The smallest absolute Gasteiger partial charge is 0.307 e. The van der Waals surface area contributed by atoms with E-state index in [1.807, 2.05) is 30.3 Å². The van der Waals surface area contributed by atoms with Crippen LogP contribution >= 0.6 is 0 Å². The molecule has 2 aromatic carbocycles. The summed E-state index contributed by atoms with van der Waals surface area (Å²) < 4.78 is 18.4. The van der Waals surface area contributed by atoms with Crippen LogP contribution in [0.4, 0.5) is 0 Å². The van der Waals surface area contributed by atoms with Crippen LogP contribution in [0, 0.1) is 5.92 Å². The number of methoxy groups -OCH3 is 1. The van der Waals surface area contributed by atoms with Crippen molar-refractivity contribution in [1.82, 2.24) is 0 Å². The van der Waals surface area contributed by atoms with Gasteiger partial charge in [-0.15, -0.1) is 0 Å². The van der Waals surface area contributed by atoms with Gasteiger partial charge in [0.15, 0.2) is 0 Å². The molecule has 30 heavy (non-hydrogen) atoms. The molecule has 1 fully saturated rings. The lowest BCUT2D eigenvalue weighted by Crippen LogP contribution is -2.50. The van der Waals surface area contributed by atoms with Gasteiger partial charge >= 0.3 is 5.97 Å². The van der Waals surface area contributed by atoms with Crippen molar-refractivity contribution in [2.75, 3.05) is 7.11 Å². The number of rotatable bonds is 5. The van der Waals surface area contributed by atoms with Gasteiger partial charge < -0.3 is 19.3 Å². The van der Waals surface area contributed by atoms with Gasteiger partial charge in [-0.25, -0.2) is 0 Å². The van der Waals surface area contributed by atoms with Gasteiger partial charge in [0.2, 0.25) is 0 Å². The molecule has 0 unspecified atom stereocenters. The van der Waals surface area contributed by atoms with E-state index in [1.54, 1.807) is 7.11 Å². The van der Waals surface area contributed by atoms with Crippen molar-refractivity contribution >= 4 is 5.97 Å². The molecule has 0 amide bonds. The monoisotopic (exact) mass is 410 g/mol. The van der Waals surface area contributed by atoms with E-state index in [2.05, 4.69) is 32.9 Å². The van der Waals surface area contributed by atoms with Crippen LogP contribution in [0.2, 0.25) is 0 Å². The second kappa shape index (κ2) is 7.95. The zero-order valence-corrected chi connectivity index (χ0v) is 18.1. The molecule has 1 saturated heterocycles. The van der Waals surface area contributed by atoms with Crippen LogP contribution in [0.15, 0.2) is 42.5 Å². The summed E-state index contributed by atoms with van der Waals surface area (Å²) in [6.45, 7) is 6.41. The number of aliphatic carboxylic acids is 1. The number of hydrogen-bond donors (Lipinski definition) is 1. The van der Waals surface area contributed by atoms with Crippen molar-refractivity contribution in [1.29, 1.82) is 0 Å². The van der Waals surface area contributed by atoms with E-state index in [0.717, 1.165) is 35.5 Å². The fraction of sp³-hybridized carbons (Fsp3) is 0.480. The Balaban J connectivity index is 1.69. The van der Waals surface area contributed by atoms with Crippen molar-refractivity contribution in [2.24, 2.45) is 5.92 Å². The average molecular weight is 411 g/mol. The van der Waals surface area contributed by atoms with Crippen LogP contribution in [0.5, 0.6) is 11.5 Å². The van der Waals surface area contributed by atoms with E-state index in [1.165, 1.54) is 5.56 Å². The van der Waals surface area contributed by atoms with Gasteiger partial charge in [-0.3, -0.25) is 4.79 Å². The van der Waals surface area contributed by atoms with Crippen LogP contribution in [0.1, 0.15) is 62.3 Å². The molecule has 160 valence electrons. The molecule has 5 heteroatoms. The average Bonchev–Trinajstić information content (AvgIpc) is 2.73. The Kier molecular flexibility index (Phi) is 5.49. The summed E-state index contributed by atoms with van der Waals surface area (Å²) in [5.74, 6) is 1.25. The highest BCUT2D eigenvalue weighted by atomic mass is 16.5. The highest BCUT2D eigenvalue weighted by molar-refractivity contribution is 5.70. The quantitative estimate of drug-likeness (QED) is 0.740. The topological polar surface area (TPSA) is 65.0 Å². The van der Waals surface area contributed by atoms with Crippen LogP contribution in [0.3, 0.4) is 0 Å². The molecule has 2 aliphatic rings. The molecule has 2 aliphatic heterocycles. The number of carboxylic acid groups (broad SMARTS) is 1. The first-order chi connectivity index (χ1) is 14.3. The van der Waals surface area contributed by atoms with Crippen molar-refractivity contribution in [3.63, 3.8) is 0 Å². The molecule has 0 aliphatic carbocycles. The van der Waals surface area contributed by atoms with Crippen LogP contribution in [0.25, 0.3) is 0 Å². The van der Waals surface area contributed by atoms with E-state index in [9.17, 15) is 9.90 Å². The third-order valence-electron chi connectivity index (χ3n) is 6.59. The highest BCUT2D eigenvalue weighted by Crippen LogP contribution is 2.54. The van der Waals surface area contributed by atoms with Gasteiger partial charge in [-0.1, -0.05) is 25.1 Å². The van der Waals surface area contributed by atoms with Gasteiger partial charge in [0, 0.05) is 17.4 Å². The molecule has 0 aromatic heterocycles. The number of ether oxygens (including phenoxy) is 3. The summed E-state index contributed by atoms with van der Waals surface area (Å²) in [6, 6.07) is 14.0. The maximum absolute atomic E-state index is 11.2. The lowest BCUT2D eigenvalue weighted by Gasteiger charge is -2.51. The Morgan fingerprint density at radius 3 is 2.57 bits per heavy atom. The molecule has 0 bridgehead atoms. The summed E-state index contributed by atoms with van der Waals surface area (Å²) >= 11 is 0. The number of carboxylic acids is 1. The normalized spacial score (nSPS) is 26.8. The summed E-state index contributed by atoms with van der Waals surface area (Å²) in [5, 5.41) is 9.19. The minimum Gasteiger partial charge on any atom is -0.497 e. The molecule has 1 N–H and O–H groups in total. The predicted octanol–water partition coefficient (Wildman–Crippen LogP) is 5.13. The molecule has 2 heterocycles. The Bertz CT molecular complexity index is 918. The SMILES string of the molecule is CC[C@@H]1O[C@@H]2c3cc(CC(=O)O)ccc3OC(C)(C)[C@H]2C[C@@H]1c1ccc(OC)cc1. The Labute approximate surface area is 178 Å². The van der Waals surface area contributed by atoms with E-state index >= 15 is 0 Å². The second-order valence-corrected chi connectivity index (χ2v) is 8.87. The number of hydrogen-bond acceptors (Lipinski definition) is 4. The van der Waals surface area contributed by atoms with Gasteiger partial charge in [0.25, 0.3) is 0 Å². The highest BCUT2D eigenvalue weighted by Gasteiger charge is 2.50. The van der Waals surface area contributed by atoms with Gasteiger partial charge in [-0.2, -0.15) is 0 Å². The standard InChI is InChI=1S/C25H30O5/c1-5-21-18(16-7-9-17(28-4)10-8-16)14-20-24(29-21)19-12-15(13-23(26)27)6-11-22(19)30-25(20,2)3/h6-12,18,20-21,24H,5,13-14H2,1-4H3,(H,26,27)/t18-,20+,21+,24-/m1/s1. The molecule has 4 atom stereocenters. The lowest BCUT2D eigenvalue weighted by atomic mass is 9.70. The van der Waals surface area contributed by atoms with Gasteiger partial charge in [0.1, 0.15) is 17.1 Å². The molecule has 4 rings (SSSR count). The fourth-order valence-electron chi connectivity index (χ4n) is 5.00. The third kappa shape index (κ3) is 3.79. The van der Waals surface area contributed by atoms with Gasteiger partial charge in [0.05, 0.1) is 25.7 Å². The number of carbonyl (C=O) groups is 1. The van der Waals surface area contributed by atoms with Crippen LogP contribution < -0.4 is 9.47 Å².